The maximum Gasteiger partial charge on any atom is 0.304 e. The van der Waals surface area contributed by atoms with E-state index >= 15 is 0 Å². The number of rotatable bonds is 9. The number of halogens is 2. The first kappa shape index (κ1) is 23.0. The maximum absolute atomic E-state index is 13.3. The third kappa shape index (κ3) is 5.72. The Bertz CT molecular complexity index is 899. The summed E-state index contributed by atoms with van der Waals surface area (Å²) in [6, 6.07) is 5.06. The molecule has 0 aliphatic heterocycles. The molecule has 1 saturated carbocycles. The van der Waals surface area contributed by atoms with Crippen LogP contribution in [0.5, 0.6) is 0 Å². The number of benzene rings is 1. The highest BCUT2D eigenvalue weighted by atomic mass is 35.5. The van der Waals surface area contributed by atoms with Crippen LogP contribution >= 0.6 is 34.5 Å². The van der Waals surface area contributed by atoms with Crippen LogP contribution in [0.2, 0.25) is 10.0 Å². The molecule has 0 saturated heterocycles. The summed E-state index contributed by atoms with van der Waals surface area (Å²) in [4.78, 5) is 30.6. The summed E-state index contributed by atoms with van der Waals surface area (Å²) in [6.07, 6.45) is 4.61. The number of aliphatic hydroxyl groups excluding tert-OH is 1. The molecule has 162 valence electrons. The van der Waals surface area contributed by atoms with Gasteiger partial charge in [-0.3, -0.25) is 14.5 Å². The molecule has 0 bridgehead atoms. The van der Waals surface area contributed by atoms with Crippen LogP contribution in [0.4, 0.5) is 5.13 Å². The Hall–Kier alpha value is -1.67. The number of carboxylic acid groups (broad SMARTS) is 1. The number of aromatic nitrogens is 1. The van der Waals surface area contributed by atoms with Crippen molar-refractivity contribution in [2.75, 3.05) is 18.1 Å². The molecular weight excluding hydrogens is 447 g/mol. The van der Waals surface area contributed by atoms with Crippen molar-refractivity contribution in [3.63, 3.8) is 0 Å². The molecule has 1 unspecified atom stereocenters. The number of carbonyl (C=O) groups is 2. The highest BCUT2D eigenvalue weighted by molar-refractivity contribution is 7.14. The molecule has 2 N–H and O–H groups in total. The molecule has 1 aliphatic carbocycles. The lowest BCUT2D eigenvalue weighted by molar-refractivity contribution is -0.141. The molecule has 6 nitrogen and oxygen atoms in total. The van der Waals surface area contributed by atoms with E-state index in [9.17, 15) is 19.8 Å². The van der Waals surface area contributed by atoms with Gasteiger partial charge in [0.05, 0.1) is 30.3 Å². The summed E-state index contributed by atoms with van der Waals surface area (Å²) in [6.45, 7) is -0.197. The van der Waals surface area contributed by atoms with Crippen LogP contribution in [-0.4, -0.2) is 40.2 Å². The van der Waals surface area contributed by atoms with Gasteiger partial charge in [0.1, 0.15) is 0 Å². The van der Waals surface area contributed by atoms with Gasteiger partial charge in [0.2, 0.25) is 5.91 Å². The summed E-state index contributed by atoms with van der Waals surface area (Å²) < 4.78 is 0. The Labute approximate surface area is 189 Å². The molecule has 1 atom stereocenters. The van der Waals surface area contributed by atoms with E-state index in [1.54, 1.807) is 23.6 Å². The van der Waals surface area contributed by atoms with Crippen LogP contribution in [0, 0.1) is 11.8 Å². The highest BCUT2D eigenvalue weighted by Gasteiger charge is 2.32. The molecule has 0 spiro atoms. The summed E-state index contributed by atoms with van der Waals surface area (Å²) in [5.74, 6) is -1.58. The van der Waals surface area contributed by atoms with Gasteiger partial charge < -0.3 is 10.2 Å². The van der Waals surface area contributed by atoms with Crippen molar-refractivity contribution in [1.82, 2.24) is 4.98 Å². The Morgan fingerprint density at radius 1 is 1.27 bits per heavy atom. The molecule has 30 heavy (non-hydrogen) atoms. The first-order chi connectivity index (χ1) is 14.4. The molecule has 1 fully saturated rings. The van der Waals surface area contributed by atoms with Crippen LogP contribution in [0.3, 0.4) is 0 Å². The summed E-state index contributed by atoms with van der Waals surface area (Å²) in [5, 5.41) is 22.0. The van der Waals surface area contributed by atoms with Crippen LogP contribution in [0.1, 0.15) is 38.5 Å². The Kier molecular flexibility index (Phi) is 8.11. The van der Waals surface area contributed by atoms with Crippen LogP contribution in [-0.2, 0) is 9.59 Å². The van der Waals surface area contributed by atoms with Crippen molar-refractivity contribution >= 4 is 51.5 Å². The average Bonchev–Trinajstić information content (AvgIpc) is 3.39. The largest absolute Gasteiger partial charge is 0.481 e. The third-order valence-corrected chi connectivity index (χ3v) is 6.81. The number of aliphatic hydroxyl groups is 1. The zero-order chi connectivity index (χ0) is 21.7. The summed E-state index contributed by atoms with van der Waals surface area (Å²) in [5.41, 5.74) is 1.22. The van der Waals surface area contributed by atoms with E-state index < -0.39 is 11.9 Å². The molecule has 1 aromatic heterocycles. The fourth-order valence-electron chi connectivity index (χ4n) is 3.96. The molecule has 0 radical (unpaired) electrons. The topological polar surface area (TPSA) is 90.7 Å². The highest BCUT2D eigenvalue weighted by Crippen LogP contribution is 2.36. The van der Waals surface area contributed by atoms with Gasteiger partial charge in [0.15, 0.2) is 5.13 Å². The maximum atomic E-state index is 13.3. The number of hydrogen-bond donors (Lipinski definition) is 2. The number of amides is 1. The van der Waals surface area contributed by atoms with E-state index in [0.717, 1.165) is 25.7 Å². The quantitative estimate of drug-likeness (QED) is 0.530. The molecule has 1 heterocycles. The Morgan fingerprint density at radius 3 is 2.67 bits per heavy atom. The SMILES string of the molecule is O=C(O)CC(CC1CCCC1)C(=O)N(CCO)c1nc(-c2cc(Cl)ccc2Cl)cs1. The van der Waals surface area contributed by atoms with E-state index in [0.29, 0.717) is 38.8 Å². The Morgan fingerprint density at radius 2 is 2.00 bits per heavy atom. The fourth-order valence-corrected chi connectivity index (χ4v) is 5.20. The second-order valence-corrected chi connectivity index (χ2v) is 9.21. The van der Waals surface area contributed by atoms with Crippen molar-refractivity contribution in [3.05, 3.63) is 33.6 Å². The second-order valence-electron chi connectivity index (χ2n) is 7.53. The average molecular weight is 471 g/mol. The Balaban J connectivity index is 1.86. The van der Waals surface area contributed by atoms with E-state index in [4.69, 9.17) is 23.2 Å². The van der Waals surface area contributed by atoms with E-state index in [1.165, 1.54) is 16.2 Å². The normalized spacial score (nSPS) is 15.3. The molecule has 9 heteroatoms. The fraction of sp³-hybridized carbons (Fsp3) is 0.476. The van der Waals surface area contributed by atoms with Crippen molar-refractivity contribution in [2.24, 2.45) is 11.8 Å². The lowest BCUT2D eigenvalue weighted by atomic mass is 9.90. The minimum Gasteiger partial charge on any atom is -0.481 e. The van der Waals surface area contributed by atoms with Crippen LogP contribution < -0.4 is 4.90 Å². The smallest absolute Gasteiger partial charge is 0.304 e. The van der Waals surface area contributed by atoms with Crippen LogP contribution in [0.15, 0.2) is 23.6 Å². The second kappa shape index (κ2) is 10.6. The zero-order valence-corrected chi connectivity index (χ0v) is 18.7. The minimum absolute atomic E-state index is 0.0514. The third-order valence-electron chi connectivity index (χ3n) is 5.38. The van der Waals surface area contributed by atoms with Gasteiger partial charge >= 0.3 is 5.97 Å². The zero-order valence-electron chi connectivity index (χ0n) is 16.4. The lowest BCUT2D eigenvalue weighted by Gasteiger charge is -2.25. The van der Waals surface area contributed by atoms with Gasteiger partial charge in [0, 0.05) is 21.9 Å². The summed E-state index contributed by atoms with van der Waals surface area (Å²) >= 11 is 13.6. The van der Waals surface area contributed by atoms with Gasteiger partial charge in [0.25, 0.3) is 0 Å². The van der Waals surface area contributed by atoms with Gasteiger partial charge in [-0.1, -0.05) is 48.9 Å². The van der Waals surface area contributed by atoms with E-state index in [-0.39, 0.29) is 25.5 Å². The molecule has 1 aliphatic rings. The molecule has 1 amide bonds. The predicted octanol–water partition coefficient (Wildman–Crippen LogP) is 5.11. The van der Waals surface area contributed by atoms with Crippen molar-refractivity contribution in [1.29, 1.82) is 0 Å². The number of hydrogen-bond acceptors (Lipinski definition) is 5. The van der Waals surface area contributed by atoms with E-state index in [2.05, 4.69) is 4.98 Å². The van der Waals surface area contributed by atoms with Gasteiger partial charge in [-0.25, -0.2) is 4.98 Å². The van der Waals surface area contributed by atoms with Gasteiger partial charge in [-0.15, -0.1) is 11.3 Å². The standard InChI is InChI=1S/C21H24Cl2N2O4S/c22-15-5-6-17(23)16(11-15)18-12-30-21(24-18)25(7-8-26)20(29)14(10-19(27)28)9-13-3-1-2-4-13/h5-6,11-14,26H,1-4,7-10H2,(H,27,28). The van der Waals surface area contributed by atoms with Gasteiger partial charge in [-0.2, -0.15) is 0 Å². The lowest BCUT2D eigenvalue weighted by Crippen LogP contribution is -2.39. The number of carbonyl (C=O) groups excluding carboxylic acids is 1. The number of carboxylic acids is 1. The number of aliphatic carboxylic acids is 1. The van der Waals surface area contributed by atoms with Crippen molar-refractivity contribution in [3.8, 4) is 11.3 Å². The van der Waals surface area contributed by atoms with Crippen molar-refractivity contribution in [2.45, 2.75) is 38.5 Å². The number of anilines is 1. The van der Waals surface area contributed by atoms with Crippen molar-refractivity contribution < 1.29 is 19.8 Å². The molecular formula is C21H24Cl2N2O4S. The summed E-state index contributed by atoms with van der Waals surface area (Å²) in [7, 11) is 0. The van der Waals surface area contributed by atoms with Crippen LogP contribution in [0.25, 0.3) is 11.3 Å². The monoisotopic (exact) mass is 470 g/mol. The molecule has 1 aromatic carbocycles. The van der Waals surface area contributed by atoms with E-state index in [1.807, 2.05) is 0 Å². The molecule has 3 rings (SSSR count). The number of nitrogens with zero attached hydrogens (tertiary/aromatic N) is 2. The van der Waals surface area contributed by atoms with Gasteiger partial charge in [-0.05, 0) is 30.5 Å². The minimum atomic E-state index is -0.999. The molecule has 2 aromatic rings. The number of thiazole rings is 1. The first-order valence-electron chi connectivity index (χ1n) is 9.94. The predicted molar refractivity (Wildman–Crippen MR) is 119 cm³/mol. The first-order valence-corrected chi connectivity index (χ1v) is 11.6.